The molecule has 0 unspecified atom stereocenters. The van der Waals surface area contributed by atoms with Crippen LogP contribution in [-0.4, -0.2) is 27.8 Å². The Kier molecular flexibility index (Phi) is 5.50. The lowest BCUT2D eigenvalue weighted by Crippen LogP contribution is -2.47. The third-order valence-electron chi connectivity index (χ3n) is 5.98. The largest absolute Gasteiger partial charge is 0.507 e. The minimum atomic E-state index is -1.16. The first-order valence-electron chi connectivity index (χ1n) is 10.2. The zero-order valence-corrected chi connectivity index (χ0v) is 19.0. The van der Waals surface area contributed by atoms with E-state index >= 15 is 0 Å². The van der Waals surface area contributed by atoms with Crippen LogP contribution in [0.1, 0.15) is 41.2 Å². The van der Waals surface area contributed by atoms with Crippen LogP contribution in [0.25, 0.3) is 6.08 Å². The number of hydrogen-bond donors (Lipinski definition) is 2. The molecule has 0 spiro atoms. The van der Waals surface area contributed by atoms with Crippen LogP contribution in [0.2, 0.25) is 0 Å². The van der Waals surface area contributed by atoms with E-state index in [1.807, 2.05) is 20.8 Å². The van der Waals surface area contributed by atoms with E-state index in [1.54, 1.807) is 37.3 Å². The van der Waals surface area contributed by atoms with Crippen LogP contribution in [0, 0.1) is 20.8 Å². The van der Waals surface area contributed by atoms with E-state index in [2.05, 4.69) is 5.32 Å². The van der Waals surface area contributed by atoms with Gasteiger partial charge in [0.1, 0.15) is 17.2 Å². The van der Waals surface area contributed by atoms with Gasteiger partial charge in [-0.25, -0.2) is 4.79 Å². The number of phenols is 1. The first-order chi connectivity index (χ1) is 15.1. The highest BCUT2D eigenvalue weighted by molar-refractivity contribution is 8.18. The summed E-state index contributed by atoms with van der Waals surface area (Å²) >= 11 is 0.844. The Balaban J connectivity index is 1.50. The number of ether oxygens (including phenoxy) is 2. The summed E-state index contributed by atoms with van der Waals surface area (Å²) in [5.41, 5.74) is 2.78. The van der Waals surface area contributed by atoms with Crippen molar-refractivity contribution in [3.05, 3.63) is 57.0 Å². The van der Waals surface area contributed by atoms with Gasteiger partial charge in [-0.3, -0.25) is 14.9 Å². The highest BCUT2D eigenvalue weighted by atomic mass is 32.2. The molecule has 2 aliphatic rings. The van der Waals surface area contributed by atoms with Crippen LogP contribution in [0.5, 0.6) is 17.2 Å². The summed E-state index contributed by atoms with van der Waals surface area (Å²) in [6.07, 6.45) is 2.61. The number of phenolic OH excluding ortho intramolecular Hbond substituents is 1. The van der Waals surface area contributed by atoms with Gasteiger partial charge in [0.05, 0.1) is 4.91 Å². The van der Waals surface area contributed by atoms with Crippen LogP contribution in [0.3, 0.4) is 0 Å². The molecule has 0 aliphatic carbocycles. The molecule has 7 nitrogen and oxygen atoms in total. The van der Waals surface area contributed by atoms with Gasteiger partial charge in [0.2, 0.25) is 5.60 Å². The second-order valence-corrected chi connectivity index (χ2v) is 9.19. The van der Waals surface area contributed by atoms with Gasteiger partial charge in [0.25, 0.3) is 11.1 Å². The number of thioether (sulfide) groups is 1. The lowest BCUT2D eigenvalue weighted by atomic mass is 9.87. The molecule has 166 valence electrons. The smallest absolute Gasteiger partial charge is 0.355 e. The normalized spacial score (nSPS) is 21.2. The molecule has 32 heavy (non-hydrogen) atoms. The molecule has 1 atom stereocenters. The molecule has 2 heterocycles. The molecular weight excluding hydrogens is 430 g/mol. The fourth-order valence-electron chi connectivity index (χ4n) is 3.81. The maximum Gasteiger partial charge on any atom is 0.355 e. The minimum Gasteiger partial charge on any atom is -0.507 e. The molecule has 0 saturated carbocycles. The summed E-state index contributed by atoms with van der Waals surface area (Å²) in [7, 11) is 0. The molecule has 0 bridgehead atoms. The van der Waals surface area contributed by atoms with E-state index in [9.17, 15) is 19.5 Å². The number of nitrogens with one attached hydrogen (secondary N) is 1. The minimum absolute atomic E-state index is 0.268. The lowest BCUT2D eigenvalue weighted by molar-refractivity contribution is -0.152. The van der Waals surface area contributed by atoms with Crippen molar-refractivity contribution >= 4 is 35.0 Å². The van der Waals surface area contributed by atoms with Gasteiger partial charge in [0.15, 0.2) is 0 Å². The van der Waals surface area contributed by atoms with Crippen LogP contribution in [0.15, 0.2) is 29.2 Å². The van der Waals surface area contributed by atoms with Crippen molar-refractivity contribution in [3.63, 3.8) is 0 Å². The summed E-state index contributed by atoms with van der Waals surface area (Å²) in [5, 5.41) is 12.1. The van der Waals surface area contributed by atoms with E-state index in [4.69, 9.17) is 9.47 Å². The monoisotopic (exact) mass is 453 g/mol. The number of aromatic hydroxyl groups is 1. The highest BCUT2D eigenvalue weighted by Crippen LogP contribution is 2.43. The topological polar surface area (TPSA) is 102 Å². The molecule has 2 N–H and O–H groups in total. The maximum atomic E-state index is 13.0. The number of esters is 1. The number of carbonyl (C=O) groups is 3. The summed E-state index contributed by atoms with van der Waals surface area (Å²) < 4.78 is 11.7. The first-order valence-corrected chi connectivity index (χ1v) is 11.0. The standard InChI is InChI=1S/C24H23NO6S/c1-12-13(2)20-17(14(3)19(12)26)9-10-24(4,31-20)22(28)30-16-7-5-15(6-8-16)11-18-21(27)25-23(29)32-18/h5-8,11,26H,9-10H2,1-4H3,(H,25,27,29)/b18-11-/t24-/m0/s1. The number of carbonyl (C=O) groups excluding carboxylic acids is 3. The Labute approximate surface area is 189 Å². The molecule has 1 saturated heterocycles. The highest BCUT2D eigenvalue weighted by Gasteiger charge is 2.42. The van der Waals surface area contributed by atoms with Gasteiger partial charge < -0.3 is 14.6 Å². The lowest BCUT2D eigenvalue weighted by Gasteiger charge is -2.35. The number of fused-ring (bicyclic) bond motifs is 1. The van der Waals surface area contributed by atoms with Gasteiger partial charge >= 0.3 is 5.97 Å². The molecule has 4 rings (SSSR count). The van der Waals surface area contributed by atoms with Gasteiger partial charge in [-0.15, -0.1) is 0 Å². The van der Waals surface area contributed by atoms with E-state index in [1.165, 1.54) is 0 Å². The van der Waals surface area contributed by atoms with Gasteiger partial charge in [-0.05, 0) is 86.3 Å². The zero-order chi connectivity index (χ0) is 23.2. The Hall–Kier alpha value is -3.26. The second kappa shape index (κ2) is 8.02. The van der Waals surface area contributed by atoms with Gasteiger partial charge in [0, 0.05) is 12.0 Å². The van der Waals surface area contributed by atoms with Gasteiger partial charge in [-0.1, -0.05) is 12.1 Å². The third-order valence-corrected chi connectivity index (χ3v) is 6.79. The molecule has 2 aromatic carbocycles. The third kappa shape index (κ3) is 3.86. The van der Waals surface area contributed by atoms with Crippen LogP contribution < -0.4 is 14.8 Å². The van der Waals surface area contributed by atoms with E-state index < -0.39 is 22.7 Å². The summed E-state index contributed by atoms with van der Waals surface area (Å²) in [5.74, 6) is 0.319. The molecule has 2 amide bonds. The van der Waals surface area contributed by atoms with Gasteiger partial charge in [-0.2, -0.15) is 0 Å². The molecular formula is C24H23NO6S. The number of benzene rings is 2. The average Bonchev–Trinajstić information content (AvgIpc) is 3.08. The number of hydrogen-bond acceptors (Lipinski definition) is 7. The fourth-order valence-corrected chi connectivity index (χ4v) is 4.49. The summed E-state index contributed by atoms with van der Waals surface area (Å²) in [4.78, 5) is 36.2. The van der Waals surface area contributed by atoms with Crippen molar-refractivity contribution in [2.45, 2.75) is 46.1 Å². The second-order valence-electron chi connectivity index (χ2n) is 8.17. The average molecular weight is 454 g/mol. The fraction of sp³-hybridized carbons (Fsp3) is 0.292. The van der Waals surface area contributed by atoms with Crippen molar-refractivity contribution in [1.82, 2.24) is 5.32 Å². The Morgan fingerprint density at radius 2 is 1.84 bits per heavy atom. The Morgan fingerprint density at radius 3 is 2.47 bits per heavy atom. The molecule has 2 aromatic rings. The van der Waals surface area contributed by atoms with Crippen molar-refractivity contribution in [2.24, 2.45) is 0 Å². The van der Waals surface area contributed by atoms with E-state index in [0.29, 0.717) is 34.8 Å². The van der Waals surface area contributed by atoms with Crippen molar-refractivity contribution < 1.29 is 29.0 Å². The molecule has 0 aromatic heterocycles. The Bertz CT molecular complexity index is 1180. The summed E-state index contributed by atoms with van der Waals surface area (Å²) in [6, 6.07) is 6.65. The molecule has 0 radical (unpaired) electrons. The molecule has 8 heteroatoms. The van der Waals surface area contributed by atoms with E-state index in [-0.39, 0.29) is 5.75 Å². The number of rotatable bonds is 3. The Morgan fingerprint density at radius 1 is 1.16 bits per heavy atom. The van der Waals surface area contributed by atoms with Crippen molar-refractivity contribution in [3.8, 4) is 17.2 Å². The first kappa shape index (κ1) is 22.0. The summed E-state index contributed by atoms with van der Waals surface area (Å²) in [6.45, 7) is 7.26. The molecule has 2 aliphatic heterocycles. The van der Waals surface area contributed by atoms with Crippen molar-refractivity contribution in [1.29, 1.82) is 0 Å². The number of amides is 2. The SMILES string of the molecule is Cc1c(C)c2c(c(C)c1O)CC[C@@](C)(C(=O)Oc1ccc(/C=C3\SC(=O)NC3=O)cc1)O2. The quantitative estimate of drug-likeness (QED) is 0.405. The van der Waals surface area contributed by atoms with Crippen LogP contribution in [-0.2, 0) is 16.0 Å². The zero-order valence-electron chi connectivity index (χ0n) is 18.2. The predicted molar refractivity (Wildman–Crippen MR) is 121 cm³/mol. The van der Waals surface area contributed by atoms with Crippen LogP contribution >= 0.6 is 11.8 Å². The van der Waals surface area contributed by atoms with E-state index in [0.717, 1.165) is 34.0 Å². The maximum absolute atomic E-state index is 13.0. The van der Waals surface area contributed by atoms with Crippen molar-refractivity contribution in [2.75, 3.05) is 0 Å². The predicted octanol–water partition coefficient (Wildman–Crippen LogP) is 4.33. The molecule has 1 fully saturated rings. The number of imide groups is 1. The van der Waals surface area contributed by atoms with Crippen LogP contribution in [0.4, 0.5) is 4.79 Å².